The first-order valence-corrected chi connectivity index (χ1v) is 14.1. The van der Waals surface area contributed by atoms with Gasteiger partial charge in [-0.3, -0.25) is 23.9 Å². The molecular formula is C28H31N5O4S2. The predicted octanol–water partition coefficient (Wildman–Crippen LogP) is 3.74. The number of thioether (sulfide) groups is 1. The number of carboxylic acid groups (broad SMARTS) is 1. The number of benzene rings is 1. The van der Waals surface area contributed by atoms with Crippen molar-refractivity contribution < 1.29 is 14.7 Å². The van der Waals surface area contributed by atoms with Gasteiger partial charge >= 0.3 is 5.97 Å². The summed E-state index contributed by atoms with van der Waals surface area (Å²) in [6, 6.07) is 12.2. The number of carbonyl (C=O) groups is 2. The first-order chi connectivity index (χ1) is 18.7. The van der Waals surface area contributed by atoms with Crippen LogP contribution in [0, 0.1) is 18.3 Å². The van der Waals surface area contributed by atoms with E-state index in [1.807, 2.05) is 24.3 Å². The van der Waals surface area contributed by atoms with Crippen molar-refractivity contribution in [2.24, 2.45) is 7.05 Å². The molecule has 2 aliphatic rings. The second-order valence-corrected chi connectivity index (χ2v) is 11.2. The van der Waals surface area contributed by atoms with Crippen LogP contribution in [0.3, 0.4) is 0 Å². The standard InChI is InChI=1S/C28H31N5O4S2/c1-19-21(17-23-27(37)33(28(38)39-23)12-8-4-7-11-24(34)35)25(30(2)26(36)22(19)18-29)32-15-13-31(14-16-32)20-9-5-3-6-10-20/h3,5-6,9-10,17H,4,7-8,11-16H2,1-2H3,(H,34,35). The summed E-state index contributed by atoms with van der Waals surface area (Å²) >= 11 is 6.69. The van der Waals surface area contributed by atoms with Crippen LogP contribution in [0.1, 0.15) is 42.4 Å². The molecule has 204 valence electrons. The first kappa shape index (κ1) is 28.4. The molecule has 0 atom stereocenters. The minimum atomic E-state index is -0.829. The highest BCUT2D eigenvalue weighted by molar-refractivity contribution is 8.26. The molecule has 3 heterocycles. The number of unbranched alkanes of at least 4 members (excludes halogenated alkanes) is 2. The van der Waals surface area contributed by atoms with E-state index in [-0.39, 0.29) is 23.5 Å². The molecule has 0 saturated carbocycles. The fourth-order valence-electron chi connectivity index (χ4n) is 4.96. The number of carbonyl (C=O) groups excluding carboxylic acids is 1. The predicted molar refractivity (Wildman–Crippen MR) is 158 cm³/mol. The lowest BCUT2D eigenvalue weighted by molar-refractivity contribution is -0.137. The van der Waals surface area contributed by atoms with Crippen LogP contribution < -0.4 is 15.4 Å². The van der Waals surface area contributed by atoms with Gasteiger partial charge in [0, 0.05) is 57.4 Å². The molecule has 9 nitrogen and oxygen atoms in total. The van der Waals surface area contributed by atoms with Crippen molar-refractivity contribution in [2.45, 2.75) is 32.6 Å². The summed E-state index contributed by atoms with van der Waals surface area (Å²) in [4.78, 5) is 43.6. The Kier molecular flexibility index (Phi) is 9.09. The van der Waals surface area contributed by atoms with E-state index in [1.54, 1.807) is 24.9 Å². The summed E-state index contributed by atoms with van der Waals surface area (Å²) in [7, 11) is 1.67. The number of nitriles is 1. The van der Waals surface area contributed by atoms with Gasteiger partial charge in [0.1, 0.15) is 21.8 Å². The second kappa shape index (κ2) is 12.5. The van der Waals surface area contributed by atoms with E-state index >= 15 is 0 Å². The van der Waals surface area contributed by atoms with E-state index in [0.717, 1.165) is 18.8 Å². The minimum Gasteiger partial charge on any atom is -0.481 e. The van der Waals surface area contributed by atoms with Gasteiger partial charge in [-0.15, -0.1) is 0 Å². The monoisotopic (exact) mass is 565 g/mol. The zero-order chi connectivity index (χ0) is 28.1. The smallest absolute Gasteiger partial charge is 0.303 e. The van der Waals surface area contributed by atoms with Crippen LogP contribution in [0.2, 0.25) is 0 Å². The molecule has 2 saturated heterocycles. The molecule has 0 bridgehead atoms. The van der Waals surface area contributed by atoms with Crippen LogP contribution in [0.25, 0.3) is 6.08 Å². The number of aromatic nitrogens is 1. The number of aliphatic carboxylic acids is 1. The lowest BCUT2D eigenvalue weighted by Gasteiger charge is -2.38. The highest BCUT2D eigenvalue weighted by atomic mass is 32.2. The molecule has 39 heavy (non-hydrogen) atoms. The van der Waals surface area contributed by atoms with E-state index in [9.17, 15) is 19.6 Å². The summed E-state index contributed by atoms with van der Waals surface area (Å²) in [5.74, 6) is -0.358. The number of hydrogen-bond acceptors (Lipinski definition) is 8. The fraction of sp³-hybridized carbons (Fsp3) is 0.393. The Morgan fingerprint density at radius 2 is 1.77 bits per heavy atom. The quantitative estimate of drug-likeness (QED) is 0.276. The molecule has 2 fully saturated rings. The van der Waals surface area contributed by atoms with Gasteiger partial charge in [0.05, 0.1) is 4.91 Å². The maximum Gasteiger partial charge on any atom is 0.303 e. The fourth-order valence-corrected chi connectivity index (χ4v) is 6.25. The van der Waals surface area contributed by atoms with Crippen molar-refractivity contribution in [1.29, 1.82) is 5.26 Å². The van der Waals surface area contributed by atoms with Crippen LogP contribution in [0.5, 0.6) is 0 Å². The highest BCUT2D eigenvalue weighted by Crippen LogP contribution is 2.36. The number of piperazine rings is 1. The number of rotatable bonds is 9. The molecule has 11 heteroatoms. The molecule has 1 aromatic heterocycles. The summed E-state index contributed by atoms with van der Waals surface area (Å²) < 4.78 is 1.96. The van der Waals surface area contributed by atoms with Crippen LogP contribution in [0.15, 0.2) is 40.0 Å². The molecule has 4 rings (SSSR count). The van der Waals surface area contributed by atoms with Crippen LogP contribution in [-0.2, 0) is 16.6 Å². The Balaban J connectivity index is 1.60. The number of nitrogens with zero attached hydrogens (tertiary/aromatic N) is 5. The van der Waals surface area contributed by atoms with E-state index in [2.05, 4.69) is 21.9 Å². The Morgan fingerprint density at radius 3 is 2.41 bits per heavy atom. The lowest BCUT2D eigenvalue weighted by Crippen LogP contribution is -2.48. The second-order valence-electron chi connectivity index (χ2n) is 9.56. The molecule has 1 aromatic carbocycles. The minimum absolute atomic E-state index is 0.0596. The summed E-state index contributed by atoms with van der Waals surface area (Å²) in [5.41, 5.74) is 2.06. The van der Waals surface area contributed by atoms with Gasteiger partial charge in [-0.05, 0) is 43.5 Å². The molecular weight excluding hydrogens is 534 g/mol. The normalized spacial score (nSPS) is 16.7. The number of hydrogen-bond donors (Lipinski definition) is 1. The molecule has 1 N–H and O–H groups in total. The van der Waals surface area contributed by atoms with E-state index < -0.39 is 5.97 Å². The van der Waals surface area contributed by atoms with Gasteiger partial charge < -0.3 is 14.9 Å². The highest BCUT2D eigenvalue weighted by Gasteiger charge is 2.33. The number of amides is 1. The van der Waals surface area contributed by atoms with Crippen molar-refractivity contribution in [3.63, 3.8) is 0 Å². The largest absolute Gasteiger partial charge is 0.481 e. The average Bonchev–Trinajstić information content (AvgIpc) is 3.20. The van der Waals surface area contributed by atoms with Gasteiger partial charge in [-0.25, -0.2) is 0 Å². The SMILES string of the molecule is Cc1c(C=C2SC(=S)N(CCCCCC(=O)O)C2=O)c(N2CCN(c3ccccc3)CC2)n(C)c(=O)c1C#N. The molecule has 2 aromatic rings. The third kappa shape index (κ3) is 6.18. The van der Waals surface area contributed by atoms with Gasteiger partial charge in [0.2, 0.25) is 0 Å². The lowest BCUT2D eigenvalue weighted by atomic mass is 10.0. The zero-order valence-electron chi connectivity index (χ0n) is 22.1. The Hall–Kier alpha value is -3.62. The number of thiocarbonyl (C=S) groups is 1. The Morgan fingerprint density at radius 1 is 1.10 bits per heavy atom. The summed E-state index contributed by atoms with van der Waals surface area (Å²) in [6.07, 6.45) is 3.76. The topological polar surface area (TPSA) is 110 Å². The van der Waals surface area contributed by atoms with Crippen molar-refractivity contribution in [1.82, 2.24) is 9.47 Å². The van der Waals surface area contributed by atoms with Gasteiger partial charge in [0.15, 0.2) is 0 Å². The van der Waals surface area contributed by atoms with Crippen LogP contribution in [0.4, 0.5) is 11.5 Å². The molecule has 0 aliphatic carbocycles. The molecule has 1 amide bonds. The van der Waals surface area contributed by atoms with Gasteiger partial charge in [-0.1, -0.05) is 48.6 Å². The van der Waals surface area contributed by atoms with Crippen molar-refractivity contribution in [2.75, 3.05) is 42.5 Å². The van der Waals surface area contributed by atoms with Crippen LogP contribution in [-0.4, -0.2) is 63.5 Å². The first-order valence-electron chi connectivity index (χ1n) is 12.9. The van der Waals surface area contributed by atoms with Crippen molar-refractivity contribution in [3.05, 3.63) is 62.3 Å². The maximum absolute atomic E-state index is 13.3. The number of carboxylic acids is 1. The molecule has 0 spiro atoms. The number of anilines is 2. The van der Waals surface area contributed by atoms with Crippen molar-refractivity contribution >= 4 is 57.8 Å². The maximum atomic E-state index is 13.3. The summed E-state index contributed by atoms with van der Waals surface area (Å²) in [6.45, 7) is 5.04. The van der Waals surface area contributed by atoms with E-state index in [1.165, 1.54) is 16.3 Å². The Labute approximate surface area is 237 Å². The summed E-state index contributed by atoms with van der Waals surface area (Å²) in [5, 5.41) is 18.6. The zero-order valence-corrected chi connectivity index (χ0v) is 23.7. The average molecular weight is 566 g/mol. The van der Waals surface area contributed by atoms with Crippen LogP contribution >= 0.6 is 24.0 Å². The number of pyridine rings is 1. The third-order valence-corrected chi connectivity index (χ3v) is 8.47. The van der Waals surface area contributed by atoms with E-state index in [0.29, 0.717) is 65.1 Å². The van der Waals surface area contributed by atoms with Crippen molar-refractivity contribution in [3.8, 4) is 6.07 Å². The number of para-hydroxylation sites is 1. The third-order valence-electron chi connectivity index (χ3n) is 7.09. The van der Waals surface area contributed by atoms with Gasteiger partial charge in [0.25, 0.3) is 11.5 Å². The Bertz CT molecular complexity index is 1410. The molecule has 0 radical (unpaired) electrons. The van der Waals surface area contributed by atoms with Gasteiger partial charge in [-0.2, -0.15) is 5.26 Å². The van der Waals surface area contributed by atoms with E-state index in [4.69, 9.17) is 17.3 Å². The molecule has 0 unspecified atom stereocenters. The molecule has 2 aliphatic heterocycles.